The summed E-state index contributed by atoms with van der Waals surface area (Å²) in [5, 5.41) is 17.9. The van der Waals surface area contributed by atoms with Crippen LogP contribution in [0, 0.1) is 17.2 Å². The van der Waals surface area contributed by atoms with Crippen LogP contribution in [0.2, 0.25) is 0 Å². The molecule has 0 aromatic carbocycles. The molecule has 3 heterocycles. The van der Waals surface area contributed by atoms with Gasteiger partial charge >= 0.3 is 6.18 Å². The molecule has 0 saturated heterocycles. The summed E-state index contributed by atoms with van der Waals surface area (Å²) in [6.07, 6.45) is -0.610. The molecular weight excluding hydrogens is 435 g/mol. The number of rotatable bonds is 8. The third-order valence-corrected chi connectivity index (χ3v) is 5.61. The second-order valence-electron chi connectivity index (χ2n) is 8.07. The average Bonchev–Trinajstić information content (AvgIpc) is 3.11. The number of nitrogens with zero attached hydrogens (tertiary/aromatic N) is 6. The lowest BCUT2D eigenvalue weighted by Gasteiger charge is -2.25. The summed E-state index contributed by atoms with van der Waals surface area (Å²) in [6, 6.07) is 2.49. The molecule has 0 fully saturated rings. The van der Waals surface area contributed by atoms with Gasteiger partial charge in [0.25, 0.3) is 0 Å². The maximum atomic E-state index is 13.0. The first-order valence-corrected chi connectivity index (χ1v) is 10.6. The van der Waals surface area contributed by atoms with Crippen molar-refractivity contribution in [1.29, 1.82) is 5.26 Å². The maximum Gasteiger partial charge on any atom is 0.451 e. The topological polar surface area (TPSA) is 145 Å². The number of nitrogen functional groups attached to an aromatic ring is 1. The Kier molecular flexibility index (Phi) is 7.14. The first-order valence-electron chi connectivity index (χ1n) is 10.6. The lowest BCUT2D eigenvalue weighted by molar-refractivity contribution is -0.380. The van der Waals surface area contributed by atoms with Gasteiger partial charge in [-0.25, -0.2) is 19.5 Å². The molecule has 6 N–H and O–H groups in total. The minimum absolute atomic E-state index is 0.0792. The number of hydrogen-bond donors (Lipinski definition) is 3. The van der Waals surface area contributed by atoms with Crippen molar-refractivity contribution in [2.24, 2.45) is 5.92 Å². The number of hydrogen-bond acceptors (Lipinski definition) is 7. The van der Waals surface area contributed by atoms with E-state index in [9.17, 15) is 18.4 Å². The molecule has 12 heteroatoms. The van der Waals surface area contributed by atoms with Crippen LogP contribution in [0.3, 0.4) is 0 Å². The Morgan fingerprint density at radius 2 is 1.91 bits per heavy atom. The number of nitriles is 1. The molecule has 0 aliphatic carbocycles. The second kappa shape index (κ2) is 9.68. The van der Waals surface area contributed by atoms with Crippen molar-refractivity contribution in [3.8, 4) is 17.2 Å². The van der Waals surface area contributed by atoms with Gasteiger partial charge < -0.3 is 16.8 Å². The summed E-state index contributed by atoms with van der Waals surface area (Å²) in [4.78, 5) is 11.0. The molecule has 0 amide bonds. The van der Waals surface area contributed by atoms with E-state index in [0.29, 0.717) is 36.3 Å². The minimum atomic E-state index is -4.68. The highest BCUT2D eigenvalue weighted by molar-refractivity contribution is 5.92. The van der Waals surface area contributed by atoms with E-state index in [1.54, 1.807) is 4.52 Å². The van der Waals surface area contributed by atoms with Crippen LogP contribution in [0.1, 0.15) is 50.2 Å². The van der Waals surface area contributed by atoms with Crippen molar-refractivity contribution in [2.75, 3.05) is 18.8 Å². The summed E-state index contributed by atoms with van der Waals surface area (Å²) < 4.78 is 40.5. The van der Waals surface area contributed by atoms with E-state index in [2.05, 4.69) is 37.2 Å². The van der Waals surface area contributed by atoms with Crippen LogP contribution in [0.25, 0.3) is 16.6 Å². The number of alkyl halides is 3. The van der Waals surface area contributed by atoms with Gasteiger partial charge in [-0.05, 0) is 6.42 Å². The number of quaternary nitrogens is 1. The summed E-state index contributed by atoms with van der Waals surface area (Å²) in [6.45, 7) is 7.39. The Bertz CT molecular complexity index is 1150. The van der Waals surface area contributed by atoms with Gasteiger partial charge in [-0.15, -0.1) is 0 Å². The largest absolute Gasteiger partial charge is 0.451 e. The van der Waals surface area contributed by atoms with E-state index in [0.717, 1.165) is 12.4 Å². The second-order valence-corrected chi connectivity index (χ2v) is 8.07. The van der Waals surface area contributed by atoms with Crippen LogP contribution in [-0.2, 0) is 6.18 Å². The molecular formula is C21H27F3N9+. The zero-order valence-electron chi connectivity index (χ0n) is 18.7. The number of nitrogens with one attached hydrogen (secondary N) is 1. The van der Waals surface area contributed by atoms with E-state index in [4.69, 9.17) is 5.73 Å². The number of aromatic nitrogens is 5. The third kappa shape index (κ3) is 4.74. The van der Waals surface area contributed by atoms with Crippen LogP contribution in [0.15, 0.2) is 18.7 Å². The lowest BCUT2D eigenvalue weighted by atomic mass is 9.84. The van der Waals surface area contributed by atoms with Crippen molar-refractivity contribution in [1.82, 2.24) is 29.9 Å². The Balaban J connectivity index is 2.26. The molecule has 0 spiro atoms. The molecule has 9 nitrogen and oxygen atoms in total. The fraction of sp³-hybridized carbons (Fsp3) is 0.476. The molecule has 0 radical (unpaired) electrons. The van der Waals surface area contributed by atoms with Gasteiger partial charge in [-0.3, -0.25) is 0 Å². The number of halogens is 3. The highest BCUT2D eigenvalue weighted by Crippen LogP contribution is 2.40. The fourth-order valence-electron chi connectivity index (χ4n) is 4.06. The van der Waals surface area contributed by atoms with Crippen molar-refractivity contribution in [3.05, 3.63) is 35.8 Å². The van der Waals surface area contributed by atoms with Crippen LogP contribution >= 0.6 is 0 Å². The molecule has 2 unspecified atom stereocenters. The molecule has 0 saturated carbocycles. The van der Waals surface area contributed by atoms with Crippen molar-refractivity contribution in [3.63, 3.8) is 0 Å². The standard InChI is InChI=1S/C21H26F3N9/c1-4-14(12(5-25)7-28-11(2)3)17-15(6-26)16(18-19(27)31-10-32-33(17)18)13-8-29-20(30-9-13)21(22,23)24/h8-12,14,28H,4-5,7,25H2,1-3H3,(H2,27,31,32)/p+1. The molecule has 176 valence electrons. The SMILES string of the molecule is CCC(c1c(C#N)c(-c2cnc(C(F)(F)F)nc2)c2c(N)ncnn12)C(C[NH3+])CNC(C)C. The van der Waals surface area contributed by atoms with Gasteiger partial charge in [0.05, 0.1) is 17.8 Å². The van der Waals surface area contributed by atoms with E-state index in [1.807, 2.05) is 20.8 Å². The Hall–Kier alpha value is -3.30. The monoisotopic (exact) mass is 462 g/mol. The molecule has 3 aromatic rings. The zero-order valence-corrected chi connectivity index (χ0v) is 18.7. The van der Waals surface area contributed by atoms with Gasteiger partial charge in [0.1, 0.15) is 17.9 Å². The third-order valence-electron chi connectivity index (χ3n) is 5.61. The van der Waals surface area contributed by atoms with Crippen LogP contribution in [0.4, 0.5) is 19.0 Å². The molecule has 3 rings (SSSR count). The predicted molar refractivity (Wildman–Crippen MR) is 116 cm³/mol. The van der Waals surface area contributed by atoms with E-state index in [1.165, 1.54) is 6.33 Å². The van der Waals surface area contributed by atoms with Crippen LogP contribution in [0.5, 0.6) is 0 Å². The number of anilines is 1. The van der Waals surface area contributed by atoms with Gasteiger partial charge in [0.2, 0.25) is 5.82 Å². The lowest BCUT2D eigenvalue weighted by Crippen LogP contribution is -2.57. The predicted octanol–water partition coefficient (Wildman–Crippen LogP) is 2.01. The molecule has 0 bridgehead atoms. The van der Waals surface area contributed by atoms with E-state index >= 15 is 0 Å². The first-order chi connectivity index (χ1) is 15.6. The van der Waals surface area contributed by atoms with E-state index in [-0.39, 0.29) is 34.8 Å². The highest BCUT2D eigenvalue weighted by atomic mass is 19.4. The summed E-state index contributed by atoms with van der Waals surface area (Å²) >= 11 is 0. The number of fused-ring (bicyclic) bond motifs is 1. The Morgan fingerprint density at radius 3 is 2.42 bits per heavy atom. The summed E-state index contributed by atoms with van der Waals surface area (Å²) in [7, 11) is 0. The Labute approximate surface area is 189 Å². The van der Waals surface area contributed by atoms with Gasteiger partial charge in [0, 0.05) is 47.9 Å². The molecule has 0 aliphatic rings. The Morgan fingerprint density at radius 1 is 1.24 bits per heavy atom. The average molecular weight is 463 g/mol. The minimum Gasteiger partial charge on any atom is -0.382 e. The van der Waals surface area contributed by atoms with Gasteiger partial charge in [-0.1, -0.05) is 20.8 Å². The molecule has 0 aliphatic heterocycles. The van der Waals surface area contributed by atoms with Crippen LogP contribution in [-0.4, -0.2) is 43.7 Å². The van der Waals surface area contributed by atoms with Gasteiger partial charge in [0.15, 0.2) is 5.82 Å². The van der Waals surface area contributed by atoms with E-state index < -0.39 is 12.0 Å². The van der Waals surface area contributed by atoms with Crippen molar-refractivity contribution < 1.29 is 18.9 Å². The van der Waals surface area contributed by atoms with Gasteiger partial charge in [-0.2, -0.15) is 23.5 Å². The smallest absolute Gasteiger partial charge is 0.382 e. The molecule has 2 atom stereocenters. The van der Waals surface area contributed by atoms with Crippen LogP contribution < -0.4 is 16.8 Å². The normalized spacial score (nSPS) is 13.9. The highest BCUT2D eigenvalue weighted by Gasteiger charge is 2.35. The van der Waals surface area contributed by atoms with Crippen molar-refractivity contribution in [2.45, 2.75) is 45.3 Å². The molecule has 33 heavy (non-hydrogen) atoms. The summed E-state index contributed by atoms with van der Waals surface area (Å²) in [5.74, 6) is -1.20. The summed E-state index contributed by atoms with van der Waals surface area (Å²) in [5.41, 5.74) is 12.0. The fourth-order valence-corrected chi connectivity index (χ4v) is 4.06. The molecule has 3 aromatic heterocycles. The first kappa shape index (κ1) is 24.3. The maximum absolute atomic E-state index is 13.0. The zero-order chi connectivity index (χ0) is 24.3. The van der Waals surface area contributed by atoms with Crippen molar-refractivity contribution >= 4 is 11.3 Å². The number of nitrogens with two attached hydrogens (primary N) is 1. The quantitative estimate of drug-likeness (QED) is 0.464.